The van der Waals surface area contributed by atoms with Gasteiger partial charge in [0.15, 0.2) is 0 Å². The van der Waals surface area contributed by atoms with Crippen molar-refractivity contribution in [2.45, 2.75) is 58.9 Å². The van der Waals surface area contributed by atoms with Crippen molar-refractivity contribution in [1.82, 2.24) is 5.43 Å². The van der Waals surface area contributed by atoms with E-state index in [0.29, 0.717) is 11.5 Å². The van der Waals surface area contributed by atoms with E-state index < -0.39 is 0 Å². The molecular formula is C16H27FN2. The van der Waals surface area contributed by atoms with E-state index in [1.165, 1.54) is 19.3 Å². The third-order valence-electron chi connectivity index (χ3n) is 3.91. The zero-order valence-electron chi connectivity index (χ0n) is 12.4. The van der Waals surface area contributed by atoms with E-state index >= 15 is 0 Å². The lowest BCUT2D eigenvalue weighted by molar-refractivity contribution is 0.355. The van der Waals surface area contributed by atoms with E-state index in [2.05, 4.69) is 19.3 Å². The highest BCUT2D eigenvalue weighted by molar-refractivity contribution is 5.25. The molecule has 0 aliphatic rings. The minimum atomic E-state index is -0.153. The Balaban J connectivity index is 2.72. The highest BCUT2D eigenvalue weighted by Crippen LogP contribution is 2.27. The second-order valence-electron chi connectivity index (χ2n) is 5.38. The molecule has 0 aromatic heterocycles. The van der Waals surface area contributed by atoms with Crippen LogP contribution in [0.3, 0.4) is 0 Å². The summed E-state index contributed by atoms with van der Waals surface area (Å²) in [5, 5.41) is 0. The molecule has 0 spiro atoms. The Bertz CT molecular complexity index is 379. The maximum atomic E-state index is 13.6. The van der Waals surface area contributed by atoms with Crippen LogP contribution in [-0.2, 0) is 0 Å². The van der Waals surface area contributed by atoms with Crippen molar-refractivity contribution >= 4 is 0 Å². The van der Waals surface area contributed by atoms with E-state index in [0.717, 1.165) is 18.4 Å². The van der Waals surface area contributed by atoms with Crippen molar-refractivity contribution in [3.63, 3.8) is 0 Å². The third kappa shape index (κ3) is 4.92. The van der Waals surface area contributed by atoms with Gasteiger partial charge in [-0.1, -0.05) is 51.7 Å². The first-order valence-electron chi connectivity index (χ1n) is 7.34. The molecule has 19 heavy (non-hydrogen) atoms. The molecule has 0 aliphatic heterocycles. The maximum absolute atomic E-state index is 13.6. The van der Waals surface area contributed by atoms with E-state index in [1.807, 2.05) is 12.1 Å². The van der Waals surface area contributed by atoms with E-state index in [9.17, 15) is 4.39 Å². The predicted molar refractivity (Wildman–Crippen MR) is 79.1 cm³/mol. The Morgan fingerprint density at radius 3 is 2.58 bits per heavy atom. The Hall–Kier alpha value is -0.930. The molecule has 2 atom stereocenters. The van der Waals surface area contributed by atoms with Crippen LogP contribution in [0.4, 0.5) is 4.39 Å². The lowest BCUT2D eigenvalue weighted by atomic mass is 9.89. The van der Waals surface area contributed by atoms with Gasteiger partial charge in [0.25, 0.3) is 0 Å². The molecule has 0 aliphatic carbocycles. The molecule has 1 rings (SSSR count). The molecule has 3 heteroatoms. The average Bonchev–Trinajstić information content (AvgIpc) is 2.42. The summed E-state index contributed by atoms with van der Waals surface area (Å²) in [6.45, 7) is 6.20. The minimum Gasteiger partial charge on any atom is -0.271 e. The Morgan fingerprint density at radius 2 is 2.05 bits per heavy atom. The van der Waals surface area contributed by atoms with Crippen molar-refractivity contribution in [3.05, 3.63) is 35.1 Å². The summed E-state index contributed by atoms with van der Waals surface area (Å²) in [6.07, 6.45) is 5.80. The van der Waals surface area contributed by atoms with Gasteiger partial charge in [0.2, 0.25) is 0 Å². The molecule has 1 aromatic rings. The summed E-state index contributed by atoms with van der Waals surface area (Å²) < 4.78 is 13.6. The van der Waals surface area contributed by atoms with Crippen molar-refractivity contribution in [1.29, 1.82) is 0 Å². The number of rotatable bonds is 8. The summed E-state index contributed by atoms with van der Waals surface area (Å²) in [7, 11) is 0. The molecule has 2 unspecified atom stereocenters. The van der Waals surface area contributed by atoms with Gasteiger partial charge in [-0.05, 0) is 36.5 Å². The van der Waals surface area contributed by atoms with Gasteiger partial charge in [0, 0.05) is 6.04 Å². The lowest BCUT2D eigenvalue weighted by Crippen LogP contribution is -2.29. The zero-order chi connectivity index (χ0) is 14.3. The van der Waals surface area contributed by atoms with Crippen LogP contribution < -0.4 is 11.3 Å². The Morgan fingerprint density at radius 1 is 1.32 bits per heavy atom. The van der Waals surface area contributed by atoms with Gasteiger partial charge in [0.1, 0.15) is 5.82 Å². The van der Waals surface area contributed by atoms with E-state index in [-0.39, 0.29) is 11.9 Å². The van der Waals surface area contributed by atoms with Gasteiger partial charge in [-0.25, -0.2) is 4.39 Å². The first-order valence-corrected chi connectivity index (χ1v) is 7.34. The van der Waals surface area contributed by atoms with E-state index in [4.69, 9.17) is 5.84 Å². The third-order valence-corrected chi connectivity index (χ3v) is 3.91. The second kappa shape index (κ2) is 8.28. The van der Waals surface area contributed by atoms with Crippen molar-refractivity contribution < 1.29 is 4.39 Å². The fraction of sp³-hybridized carbons (Fsp3) is 0.625. The van der Waals surface area contributed by atoms with Gasteiger partial charge in [-0.2, -0.15) is 0 Å². The molecule has 2 nitrogen and oxygen atoms in total. The van der Waals surface area contributed by atoms with Crippen LogP contribution in [0.5, 0.6) is 0 Å². The number of nitrogens with one attached hydrogen (secondary N) is 1. The number of aryl methyl sites for hydroxylation is 1. The molecule has 3 N–H and O–H groups in total. The molecule has 0 fully saturated rings. The number of hydrogen-bond donors (Lipinski definition) is 2. The molecule has 108 valence electrons. The van der Waals surface area contributed by atoms with Gasteiger partial charge in [0.05, 0.1) is 0 Å². The second-order valence-corrected chi connectivity index (χ2v) is 5.38. The van der Waals surface area contributed by atoms with Gasteiger partial charge >= 0.3 is 0 Å². The van der Waals surface area contributed by atoms with Crippen LogP contribution in [0, 0.1) is 18.7 Å². The minimum absolute atomic E-state index is 0.0388. The first kappa shape index (κ1) is 16.1. The summed E-state index contributed by atoms with van der Waals surface area (Å²) in [6, 6.07) is 5.43. The molecule has 0 saturated carbocycles. The number of unbranched alkanes of at least 4 members (excludes halogenated alkanes) is 1. The summed E-state index contributed by atoms with van der Waals surface area (Å²) in [4.78, 5) is 0. The Labute approximate surface area is 116 Å². The number of hydrazine groups is 1. The van der Waals surface area contributed by atoms with Crippen LogP contribution in [0.1, 0.15) is 63.1 Å². The molecule has 0 bridgehead atoms. The van der Waals surface area contributed by atoms with Crippen LogP contribution >= 0.6 is 0 Å². The summed E-state index contributed by atoms with van der Waals surface area (Å²) in [5.41, 5.74) is 4.46. The standard InChI is InChI=1S/C16H27FN2/c1-4-6-7-13(5-2)10-16(19-18)14-9-8-12(3)15(17)11-14/h8-9,11,13,16,19H,4-7,10,18H2,1-3H3. The molecule has 0 saturated heterocycles. The highest BCUT2D eigenvalue weighted by Gasteiger charge is 2.16. The van der Waals surface area contributed by atoms with E-state index in [1.54, 1.807) is 13.0 Å². The fourth-order valence-electron chi connectivity index (χ4n) is 2.44. The van der Waals surface area contributed by atoms with Crippen LogP contribution in [-0.4, -0.2) is 0 Å². The quantitative estimate of drug-likeness (QED) is 0.545. The predicted octanol–water partition coefficient (Wildman–Crippen LogP) is 4.25. The maximum Gasteiger partial charge on any atom is 0.126 e. The van der Waals surface area contributed by atoms with Crippen LogP contribution in [0.15, 0.2) is 18.2 Å². The normalized spacial score (nSPS) is 14.4. The molecular weight excluding hydrogens is 239 g/mol. The lowest BCUT2D eigenvalue weighted by Gasteiger charge is -2.23. The number of benzene rings is 1. The first-order chi connectivity index (χ1) is 9.12. The van der Waals surface area contributed by atoms with Crippen molar-refractivity contribution in [2.75, 3.05) is 0 Å². The van der Waals surface area contributed by atoms with Crippen LogP contribution in [0.2, 0.25) is 0 Å². The van der Waals surface area contributed by atoms with Crippen molar-refractivity contribution in [3.8, 4) is 0 Å². The number of halogens is 1. The molecule has 1 aromatic carbocycles. The van der Waals surface area contributed by atoms with Gasteiger partial charge < -0.3 is 0 Å². The summed E-state index contributed by atoms with van der Waals surface area (Å²) >= 11 is 0. The largest absolute Gasteiger partial charge is 0.271 e. The fourth-order valence-corrected chi connectivity index (χ4v) is 2.44. The smallest absolute Gasteiger partial charge is 0.126 e. The molecule has 0 heterocycles. The number of hydrogen-bond acceptors (Lipinski definition) is 2. The highest BCUT2D eigenvalue weighted by atomic mass is 19.1. The topological polar surface area (TPSA) is 38.0 Å². The van der Waals surface area contributed by atoms with Crippen LogP contribution in [0.25, 0.3) is 0 Å². The Kier molecular flexibility index (Phi) is 7.03. The van der Waals surface area contributed by atoms with Gasteiger partial charge in [-0.3, -0.25) is 11.3 Å². The molecule has 0 amide bonds. The number of nitrogens with two attached hydrogens (primary N) is 1. The summed E-state index contributed by atoms with van der Waals surface area (Å²) in [5.74, 6) is 6.14. The SMILES string of the molecule is CCCCC(CC)CC(NN)c1ccc(C)c(F)c1. The van der Waals surface area contributed by atoms with Gasteiger partial charge in [-0.15, -0.1) is 0 Å². The zero-order valence-corrected chi connectivity index (χ0v) is 12.4. The molecule has 0 radical (unpaired) electrons. The average molecular weight is 266 g/mol. The monoisotopic (exact) mass is 266 g/mol. The van der Waals surface area contributed by atoms with Crippen molar-refractivity contribution in [2.24, 2.45) is 11.8 Å².